The fourth-order valence-electron chi connectivity index (χ4n) is 3.10. The van der Waals surface area contributed by atoms with Crippen LogP contribution in [-0.4, -0.2) is 61.0 Å². The van der Waals surface area contributed by atoms with Gasteiger partial charge in [-0.15, -0.1) is 0 Å². The van der Waals surface area contributed by atoms with Gasteiger partial charge < -0.3 is 20.7 Å². The first kappa shape index (κ1) is 17.8. The number of amides is 1. The van der Waals surface area contributed by atoms with Gasteiger partial charge >= 0.3 is 0 Å². The average molecular weight is 298 g/mol. The Morgan fingerprint density at radius 2 is 1.71 bits per heavy atom. The smallest absolute Gasteiger partial charge is 0.236 e. The van der Waals surface area contributed by atoms with E-state index in [9.17, 15) is 4.79 Å². The highest BCUT2D eigenvalue weighted by molar-refractivity contribution is 6.06. The second kappa shape index (κ2) is 8.22. The molecule has 1 saturated carbocycles. The van der Waals surface area contributed by atoms with Crippen LogP contribution in [0.2, 0.25) is 0 Å². The molecule has 0 unspecified atom stereocenters. The number of amidine groups is 1. The molecule has 0 spiro atoms. The van der Waals surface area contributed by atoms with E-state index in [0.717, 1.165) is 38.6 Å². The Morgan fingerprint density at radius 3 is 2.19 bits per heavy atom. The highest BCUT2D eigenvalue weighted by Gasteiger charge is 2.44. The number of hydrogen-bond acceptors (Lipinski definition) is 4. The second-order valence-electron chi connectivity index (χ2n) is 6.37. The van der Waals surface area contributed by atoms with E-state index in [0.29, 0.717) is 19.4 Å². The summed E-state index contributed by atoms with van der Waals surface area (Å²) >= 11 is 0. The zero-order chi connectivity index (χ0) is 15.9. The van der Waals surface area contributed by atoms with Crippen molar-refractivity contribution in [3.8, 4) is 0 Å². The lowest BCUT2D eigenvalue weighted by atomic mass is 9.77. The highest BCUT2D eigenvalue weighted by atomic mass is 16.4. The van der Waals surface area contributed by atoms with Gasteiger partial charge in [0, 0.05) is 13.6 Å². The summed E-state index contributed by atoms with van der Waals surface area (Å²) in [6.07, 6.45) is 6.40. The van der Waals surface area contributed by atoms with E-state index in [1.54, 1.807) is 4.90 Å². The molecular formula is C15H30N4O2. The third kappa shape index (κ3) is 4.59. The summed E-state index contributed by atoms with van der Waals surface area (Å²) in [6, 6.07) is 0. The highest BCUT2D eigenvalue weighted by Crippen LogP contribution is 2.37. The maximum Gasteiger partial charge on any atom is 0.236 e. The molecule has 1 aliphatic rings. The Kier molecular flexibility index (Phi) is 6.95. The summed E-state index contributed by atoms with van der Waals surface area (Å²) in [7, 11) is 5.85. The van der Waals surface area contributed by atoms with Gasteiger partial charge in [0.2, 0.25) is 5.91 Å². The predicted molar refractivity (Wildman–Crippen MR) is 84.4 cm³/mol. The summed E-state index contributed by atoms with van der Waals surface area (Å²) < 4.78 is 0. The van der Waals surface area contributed by atoms with Gasteiger partial charge in [0.25, 0.3) is 0 Å². The van der Waals surface area contributed by atoms with Gasteiger partial charge in [-0.25, -0.2) is 0 Å². The lowest BCUT2D eigenvalue weighted by Crippen LogP contribution is -2.50. The van der Waals surface area contributed by atoms with Crippen molar-refractivity contribution in [1.82, 2.24) is 9.80 Å². The zero-order valence-corrected chi connectivity index (χ0v) is 13.6. The van der Waals surface area contributed by atoms with Crippen LogP contribution in [0.1, 0.15) is 44.9 Å². The molecule has 3 N–H and O–H groups in total. The Labute approximate surface area is 128 Å². The quantitative estimate of drug-likeness (QED) is 0.256. The Morgan fingerprint density at radius 1 is 1.14 bits per heavy atom. The molecule has 0 bridgehead atoms. The van der Waals surface area contributed by atoms with Crippen molar-refractivity contribution >= 4 is 11.7 Å². The van der Waals surface area contributed by atoms with Crippen LogP contribution in [0.3, 0.4) is 0 Å². The molecule has 0 radical (unpaired) electrons. The summed E-state index contributed by atoms with van der Waals surface area (Å²) in [5.41, 5.74) is 5.10. The summed E-state index contributed by atoms with van der Waals surface area (Å²) in [5, 5.41) is 12.3. The molecule has 6 nitrogen and oxygen atoms in total. The molecule has 6 heteroatoms. The maximum atomic E-state index is 12.9. The summed E-state index contributed by atoms with van der Waals surface area (Å²) in [5.74, 6) is 0.0762. The number of nitrogens with two attached hydrogens (primary N) is 1. The molecule has 0 aromatic carbocycles. The van der Waals surface area contributed by atoms with Gasteiger partial charge in [-0.05, 0) is 39.9 Å². The van der Waals surface area contributed by atoms with Gasteiger partial charge in [0.15, 0.2) is 5.84 Å². The molecule has 0 aromatic rings. The molecule has 1 fully saturated rings. The lowest BCUT2D eigenvalue weighted by molar-refractivity contribution is -0.137. The molecule has 0 aliphatic heterocycles. The van der Waals surface area contributed by atoms with E-state index < -0.39 is 5.41 Å². The SMILES string of the molecule is CN(C)CCCN(C)C(=O)C1(C(N)=NO)CCCCCC1. The monoisotopic (exact) mass is 298 g/mol. The summed E-state index contributed by atoms with van der Waals surface area (Å²) in [6.45, 7) is 1.63. The van der Waals surface area contributed by atoms with E-state index in [1.807, 2.05) is 21.1 Å². The van der Waals surface area contributed by atoms with Gasteiger partial charge in [-0.1, -0.05) is 30.8 Å². The molecule has 122 valence electrons. The van der Waals surface area contributed by atoms with Crippen LogP contribution in [0.4, 0.5) is 0 Å². The first-order chi connectivity index (χ1) is 9.94. The lowest BCUT2D eigenvalue weighted by Gasteiger charge is -2.34. The molecule has 0 atom stereocenters. The van der Waals surface area contributed by atoms with Crippen LogP contribution >= 0.6 is 0 Å². The fraction of sp³-hybridized carbons (Fsp3) is 0.867. The van der Waals surface area contributed by atoms with Gasteiger partial charge in [0.05, 0.1) is 0 Å². The van der Waals surface area contributed by atoms with Crippen LogP contribution < -0.4 is 5.73 Å². The molecule has 0 saturated heterocycles. The van der Waals surface area contributed by atoms with Crippen LogP contribution in [0.25, 0.3) is 0 Å². The van der Waals surface area contributed by atoms with Crippen molar-refractivity contribution in [3.63, 3.8) is 0 Å². The van der Waals surface area contributed by atoms with E-state index in [-0.39, 0.29) is 11.7 Å². The number of hydrogen-bond donors (Lipinski definition) is 2. The number of carbonyl (C=O) groups is 1. The van der Waals surface area contributed by atoms with Crippen LogP contribution in [-0.2, 0) is 4.79 Å². The van der Waals surface area contributed by atoms with Gasteiger partial charge in [0.1, 0.15) is 5.41 Å². The van der Waals surface area contributed by atoms with Crippen molar-refractivity contribution in [2.24, 2.45) is 16.3 Å². The van der Waals surface area contributed by atoms with Crippen molar-refractivity contribution in [1.29, 1.82) is 0 Å². The molecule has 1 aliphatic carbocycles. The van der Waals surface area contributed by atoms with Crippen LogP contribution in [0.15, 0.2) is 5.16 Å². The largest absolute Gasteiger partial charge is 0.409 e. The Balaban J connectivity index is 2.80. The molecule has 0 aromatic heterocycles. The van der Waals surface area contributed by atoms with E-state index in [1.165, 1.54) is 0 Å². The summed E-state index contributed by atoms with van der Waals surface area (Å²) in [4.78, 5) is 16.7. The minimum Gasteiger partial charge on any atom is -0.409 e. The second-order valence-corrected chi connectivity index (χ2v) is 6.37. The van der Waals surface area contributed by atoms with E-state index in [4.69, 9.17) is 10.9 Å². The standard InChI is InChI=1S/C15H30N4O2/c1-18(2)11-8-12-19(3)14(20)15(13(16)17-21)9-6-4-5-7-10-15/h21H,4-12H2,1-3H3,(H2,16,17). The number of carbonyl (C=O) groups excluding carboxylic acids is 1. The number of nitrogens with zero attached hydrogens (tertiary/aromatic N) is 3. The molecule has 1 rings (SSSR count). The van der Waals surface area contributed by atoms with Gasteiger partial charge in [-0.3, -0.25) is 4.79 Å². The third-order valence-corrected chi connectivity index (χ3v) is 4.41. The third-order valence-electron chi connectivity index (χ3n) is 4.41. The Hall–Kier alpha value is -1.30. The van der Waals surface area contributed by atoms with E-state index in [2.05, 4.69) is 10.1 Å². The number of oxime groups is 1. The maximum absolute atomic E-state index is 12.9. The molecular weight excluding hydrogens is 268 g/mol. The van der Waals surface area contributed by atoms with Crippen LogP contribution in [0.5, 0.6) is 0 Å². The van der Waals surface area contributed by atoms with Crippen molar-refractivity contribution < 1.29 is 10.0 Å². The van der Waals surface area contributed by atoms with Gasteiger partial charge in [-0.2, -0.15) is 0 Å². The molecule has 1 amide bonds. The predicted octanol–water partition coefficient (Wildman–Crippen LogP) is 1.48. The van der Waals surface area contributed by atoms with Crippen molar-refractivity contribution in [3.05, 3.63) is 0 Å². The topological polar surface area (TPSA) is 82.2 Å². The minimum absolute atomic E-state index is 0.00143. The first-order valence-electron chi connectivity index (χ1n) is 7.82. The van der Waals surface area contributed by atoms with Crippen LogP contribution in [0, 0.1) is 5.41 Å². The Bertz CT molecular complexity index is 361. The van der Waals surface area contributed by atoms with E-state index >= 15 is 0 Å². The van der Waals surface area contributed by atoms with Crippen molar-refractivity contribution in [2.75, 3.05) is 34.2 Å². The normalized spacial score (nSPS) is 19.3. The molecule has 21 heavy (non-hydrogen) atoms. The fourth-order valence-corrected chi connectivity index (χ4v) is 3.10. The molecule has 0 heterocycles. The first-order valence-corrected chi connectivity index (χ1v) is 7.82. The number of rotatable bonds is 6. The minimum atomic E-state index is -0.807. The van der Waals surface area contributed by atoms with Crippen molar-refractivity contribution in [2.45, 2.75) is 44.9 Å². The average Bonchev–Trinajstić information content (AvgIpc) is 2.71. The zero-order valence-electron chi connectivity index (χ0n) is 13.6.